The number of hydrogen-bond acceptors (Lipinski definition) is 4. The van der Waals surface area contributed by atoms with E-state index in [0.29, 0.717) is 25.3 Å². The van der Waals surface area contributed by atoms with Gasteiger partial charge in [-0.25, -0.2) is 9.97 Å². The molecule has 0 aliphatic rings. The van der Waals surface area contributed by atoms with Crippen LogP contribution < -0.4 is 10.6 Å². The van der Waals surface area contributed by atoms with E-state index in [2.05, 4.69) is 20.6 Å². The van der Waals surface area contributed by atoms with Gasteiger partial charge in [-0.2, -0.15) is 0 Å². The van der Waals surface area contributed by atoms with Gasteiger partial charge in [0.25, 0.3) is 0 Å². The molecule has 1 amide bonds. The summed E-state index contributed by atoms with van der Waals surface area (Å²) in [5.74, 6) is 0.661. The smallest absolute Gasteiger partial charge is 0.224 e. The summed E-state index contributed by atoms with van der Waals surface area (Å²) < 4.78 is 0. The van der Waals surface area contributed by atoms with Crippen LogP contribution in [0.25, 0.3) is 0 Å². The fraction of sp³-hybridized carbons (Fsp3) is 0.500. The summed E-state index contributed by atoms with van der Waals surface area (Å²) in [6, 6.07) is 1.78. The first-order valence-electron chi connectivity index (χ1n) is 5.13. The van der Waals surface area contributed by atoms with Crippen molar-refractivity contribution in [1.82, 2.24) is 15.3 Å². The largest absolute Gasteiger partial charge is 0.369 e. The van der Waals surface area contributed by atoms with Gasteiger partial charge >= 0.3 is 0 Å². The lowest BCUT2D eigenvalue weighted by atomic mass is 10.3. The number of carbonyl (C=O) groups excluding carboxylic acids is 1. The van der Waals surface area contributed by atoms with E-state index in [1.54, 1.807) is 6.07 Å². The van der Waals surface area contributed by atoms with Crippen molar-refractivity contribution in [2.75, 3.05) is 18.4 Å². The zero-order valence-corrected chi connectivity index (χ0v) is 10.1. The molecule has 5 nitrogen and oxygen atoms in total. The summed E-state index contributed by atoms with van der Waals surface area (Å²) >= 11 is 5.70. The van der Waals surface area contributed by atoms with E-state index >= 15 is 0 Å². The number of amides is 1. The van der Waals surface area contributed by atoms with Crippen LogP contribution in [-0.2, 0) is 4.79 Å². The number of rotatable bonds is 5. The number of carbonyl (C=O) groups is 1. The molecule has 0 saturated carbocycles. The third kappa shape index (κ3) is 4.44. The second-order valence-electron chi connectivity index (χ2n) is 3.29. The number of nitrogens with one attached hydrogen (secondary N) is 2. The molecule has 0 unspecified atom stereocenters. The Kier molecular flexibility index (Phi) is 4.98. The van der Waals surface area contributed by atoms with Crippen LogP contribution in [0, 0.1) is 6.92 Å². The first-order valence-corrected chi connectivity index (χ1v) is 5.51. The number of halogens is 1. The van der Waals surface area contributed by atoms with Gasteiger partial charge in [0.05, 0.1) is 0 Å². The van der Waals surface area contributed by atoms with Crippen LogP contribution in [0.2, 0.25) is 5.28 Å². The molecule has 1 heterocycles. The minimum Gasteiger partial charge on any atom is -0.369 e. The number of anilines is 1. The van der Waals surface area contributed by atoms with Crippen molar-refractivity contribution in [3.63, 3.8) is 0 Å². The van der Waals surface area contributed by atoms with Gasteiger partial charge in [-0.15, -0.1) is 0 Å². The van der Waals surface area contributed by atoms with E-state index in [1.807, 2.05) is 13.8 Å². The Labute approximate surface area is 99.6 Å². The molecule has 0 radical (unpaired) electrons. The first-order chi connectivity index (χ1) is 7.61. The first kappa shape index (κ1) is 12.7. The average Bonchev–Trinajstić information content (AvgIpc) is 2.16. The Morgan fingerprint density at radius 2 is 2.25 bits per heavy atom. The van der Waals surface area contributed by atoms with E-state index in [0.717, 1.165) is 5.69 Å². The number of aryl methyl sites for hydroxylation is 1. The van der Waals surface area contributed by atoms with Crippen molar-refractivity contribution < 1.29 is 4.79 Å². The normalized spacial score (nSPS) is 9.94. The zero-order valence-electron chi connectivity index (χ0n) is 9.38. The number of hydrogen-bond donors (Lipinski definition) is 2. The molecule has 0 aliphatic carbocycles. The second kappa shape index (κ2) is 6.27. The predicted molar refractivity (Wildman–Crippen MR) is 63.6 cm³/mol. The van der Waals surface area contributed by atoms with Crippen molar-refractivity contribution in [1.29, 1.82) is 0 Å². The van der Waals surface area contributed by atoms with Crippen molar-refractivity contribution >= 4 is 23.3 Å². The van der Waals surface area contributed by atoms with Crippen molar-refractivity contribution in [3.05, 3.63) is 17.0 Å². The molecule has 88 valence electrons. The van der Waals surface area contributed by atoms with Gasteiger partial charge in [-0.1, -0.05) is 0 Å². The Morgan fingerprint density at radius 3 is 2.88 bits per heavy atom. The fourth-order valence-corrected chi connectivity index (χ4v) is 1.44. The van der Waals surface area contributed by atoms with E-state index < -0.39 is 0 Å². The third-order valence-electron chi connectivity index (χ3n) is 1.86. The Balaban J connectivity index is 2.40. The molecule has 1 rings (SSSR count). The minimum absolute atomic E-state index is 0.0203. The monoisotopic (exact) mass is 242 g/mol. The molecule has 1 aromatic rings. The maximum absolute atomic E-state index is 11.2. The maximum atomic E-state index is 11.2. The highest BCUT2D eigenvalue weighted by atomic mass is 35.5. The molecule has 0 spiro atoms. The van der Waals surface area contributed by atoms with Crippen LogP contribution >= 0.6 is 11.6 Å². The van der Waals surface area contributed by atoms with Crippen LogP contribution in [0.15, 0.2) is 6.07 Å². The Bertz CT molecular complexity index is 350. The van der Waals surface area contributed by atoms with E-state index in [1.165, 1.54) is 0 Å². The number of nitrogens with zero attached hydrogens (tertiary/aromatic N) is 2. The predicted octanol–water partition coefficient (Wildman–Crippen LogP) is 1.38. The van der Waals surface area contributed by atoms with Crippen molar-refractivity contribution in [2.24, 2.45) is 0 Å². The highest BCUT2D eigenvalue weighted by Gasteiger charge is 2.01. The van der Waals surface area contributed by atoms with Gasteiger partial charge in [-0.3, -0.25) is 4.79 Å². The van der Waals surface area contributed by atoms with Crippen molar-refractivity contribution in [2.45, 2.75) is 20.3 Å². The Morgan fingerprint density at radius 1 is 1.50 bits per heavy atom. The molecule has 1 aromatic heterocycles. The van der Waals surface area contributed by atoms with E-state index in [9.17, 15) is 4.79 Å². The molecule has 16 heavy (non-hydrogen) atoms. The SMILES string of the molecule is CCNC(=O)CCNc1cc(C)nc(Cl)n1. The summed E-state index contributed by atoms with van der Waals surface area (Å²) in [5.41, 5.74) is 0.792. The molecular formula is C10H15ClN4O. The van der Waals surface area contributed by atoms with Gasteiger partial charge in [0, 0.05) is 31.3 Å². The lowest BCUT2D eigenvalue weighted by Gasteiger charge is -2.06. The fourth-order valence-electron chi connectivity index (χ4n) is 1.21. The van der Waals surface area contributed by atoms with Crippen LogP contribution in [-0.4, -0.2) is 29.0 Å². The Hall–Kier alpha value is -1.36. The highest BCUT2D eigenvalue weighted by molar-refractivity contribution is 6.28. The lowest BCUT2D eigenvalue weighted by molar-refractivity contribution is -0.120. The standard InChI is InChI=1S/C10H15ClN4O/c1-3-12-9(16)4-5-13-8-6-7(2)14-10(11)15-8/h6H,3-5H2,1-2H3,(H,12,16)(H,13,14,15). The molecule has 2 N–H and O–H groups in total. The van der Waals surface area contributed by atoms with Gasteiger partial charge in [0.2, 0.25) is 11.2 Å². The van der Waals surface area contributed by atoms with E-state index in [-0.39, 0.29) is 11.2 Å². The second-order valence-corrected chi connectivity index (χ2v) is 3.63. The average molecular weight is 243 g/mol. The van der Waals surface area contributed by atoms with Crippen LogP contribution in [0.1, 0.15) is 19.0 Å². The van der Waals surface area contributed by atoms with Gasteiger partial charge < -0.3 is 10.6 Å². The molecule has 0 fully saturated rings. The highest BCUT2D eigenvalue weighted by Crippen LogP contribution is 2.09. The lowest BCUT2D eigenvalue weighted by Crippen LogP contribution is -2.24. The summed E-state index contributed by atoms with van der Waals surface area (Å²) in [7, 11) is 0. The molecule has 6 heteroatoms. The molecule has 0 aromatic carbocycles. The number of aromatic nitrogens is 2. The molecule has 0 atom stereocenters. The van der Waals surface area contributed by atoms with E-state index in [4.69, 9.17) is 11.6 Å². The quantitative estimate of drug-likeness (QED) is 0.766. The van der Waals surface area contributed by atoms with Gasteiger partial charge in [0.1, 0.15) is 5.82 Å². The van der Waals surface area contributed by atoms with Gasteiger partial charge in [-0.05, 0) is 25.4 Å². The van der Waals surface area contributed by atoms with Crippen molar-refractivity contribution in [3.8, 4) is 0 Å². The molecule has 0 bridgehead atoms. The van der Waals surface area contributed by atoms with Crippen LogP contribution in [0.4, 0.5) is 5.82 Å². The third-order valence-corrected chi connectivity index (χ3v) is 2.03. The summed E-state index contributed by atoms with van der Waals surface area (Å²) in [6.45, 7) is 4.90. The molecule has 0 aliphatic heterocycles. The molecule has 0 saturated heterocycles. The zero-order chi connectivity index (χ0) is 12.0. The summed E-state index contributed by atoms with van der Waals surface area (Å²) in [6.07, 6.45) is 0.411. The summed E-state index contributed by atoms with van der Waals surface area (Å²) in [4.78, 5) is 19.1. The minimum atomic E-state index is 0.0203. The van der Waals surface area contributed by atoms with Gasteiger partial charge in [0.15, 0.2) is 0 Å². The van der Waals surface area contributed by atoms with Crippen LogP contribution in [0.3, 0.4) is 0 Å². The topological polar surface area (TPSA) is 66.9 Å². The summed E-state index contributed by atoms with van der Waals surface area (Å²) in [5, 5.41) is 5.94. The molecular weight excluding hydrogens is 228 g/mol. The maximum Gasteiger partial charge on any atom is 0.224 e. The van der Waals surface area contributed by atoms with Crippen LogP contribution in [0.5, 0.6) is 0 Å².